The SMILES string of the molecule is NC(CCC(=O)O)C(=O)O.O.O=C1C(=O)C2CCCCC2C1=O. The summed E-state index contributed by atoms with van der Waals surface area (Å²) in [7, 11) is 0. The van der Waals surface area contributed by atoms with Gasteiger partial charge in [0.25, 0.3) is 5.78 Å². The largest absolute Gasteiger partial charge is 0.481 e. The van der Waals surface area contributed by atoms with Crippen molar-refractivity contribution in [2.45, 2.75) is 44.6 Å². The molecule has 0 aromatic carbocycles. The van der Waals surface area contributed by atoms with E-state index in [1.54, 1.807) is 0 Å². The maximum atomic E-state index is 11.2. The molecule has 2 aliphatic carbocycles. The highest BCUT2D eigenvalue weighted by Crippen LogP contribution is 2.36. The van der Waals surface area contributed by atoms with Crippen LogP contribution in [0, 0.1) is 11.8 Å². The zero-order valence-electron chi connectivity index (χ0n) is 12.5. The molecule has 3 unspecified atom stereocenters. The van der Waals surface area contributed by atoms with Gasteiger partial charge in [0.15, 0.2) is 0 Å². The van der Waals surface area contributed by atoms with Crippen LogP contribution in [0.5, 0.6) is 0 Å². The second-order valence-corrected chi connectivity index (χ2v) is 5.43. The van der Waals surface area contributed by atoms with Crippen molar-refractivity contribution in [3.63, 3.8) is 0 Å². The fraction of sp³-hybridized carbons (Fsp3) is 0.643. The number of nitrogens with two attached hydrogens (primary N) is 1. The van der Waals surface area contributed by atoms with Crippen LogP contribution in [0.3, 0.4) is 0 Å². The zero-order valence-corrected chi connectivity index (χ0v) is 12.5. The van der Waals surface area contributed by atoms with Crippen LogP contribution in [0.15, 0.2) is 0 Å². The molecule has 6 N–H and O–H groups in total. The van der Waals surface area contributed by atoms with E-state index < -0.39 is 35.3 Å². The molecule has 2 aliphatic rings. The molecule has 2 saturated carbocycles. The fourth-order valence-corrected chi connectivity index (χ4v) is 2.62. The molecule has 2 fully saturated rings. The summed E-state index contributed by atoms with van der Waals surface area (Å²) in [6, 6.07) is -1.06. The standard InChI is InChI=1S/C9H10O3.C5H9NO4.H2O/c10-7-5-3-1-2-4-6(5)8(11)9(7)12;6-3(5(9)10)1-2-4(7)8;/h5-6H,1-4H2;3H,1-2,6H2,(H,7,8)(H,9,10);1H2. The Hall–Kier alpha value is -2.13. The molecule has 0 aromatic heterocycles. The Balaban J connectivity index is 0.000000412. The predicted molar refractivity (Wildman–Crippen MR) is 76.6 cm³/mol. The van der Waals surface area contributed by atoms with Crippen LogP contribution in [0.1, 0.15) is 38.5 Å². The second-order valence-electron chi connectivity index (χ2n) is 5.43. The van der Waals surface area contributed by atoms with E-state index in [4.69, 9.17) is 15.9 Å². The number of ketones is 3. The zero-order chi connectivity index (χ0) is 16.9. The molecule has 0 amide bonds. The number of aliphatic carboxylic acids is 2. The topological polar surface area (TPSA) is 183 Å². The summed E-state index contributed by atoms with van der Waals surface area (Å²) in [5, 5.41) is 16.3. The minimum Gasteiger partial charge on any atom is -0.481 e. The normalized spacial score (nSPS) is 24.0. The highest BCUT2D eigenvalue weighted by atomic mass is 16.4. The van der Waals surface area contributed by atoms with Crippen LogP contribution in [-0.4, -0.2) is 51.0 Å². The molecule has 0 aliphatic heterocycles. The molecule has 3 atom stereocenters. The van der Waals surface area contributed by atoms with Crippen molar-refractivity contribution < 1.29 is 39.7 Å². The Bertz CT molecular complexity index is 475. The first kappa shape index (κ1) is 20.9. The number of fused-ring (bicyclic) bond motifs is 1. The lowest BCUT2D eigenvalue weighted by Crippen LogP contribution is -2.30. The predicted octanol–water partition coefficient (Wildman–Crippen LogP) is -1.05. The number of carboxylic acid groups (broad SMARTS) is 2. The van der Waals surface area contributed by atoms with E-state index in [0.29, 0.717) is 0 Å². The van der Waals surface area contributed by atoms with E-state index in [9.17, 15) is 24.0 Å². The third-order valence-electron chi connectivity index (χ3n) is 3.87. The molecular weight excluding hydrogens is 310 g/mol. The van der Waals surface area contributed by atoms with Crippen molar-refractivity contribution in [3.05, 3.63) is 0 Å². The van der Waals surface area contributed by atoms with Crippen molar-refractivity contribution in [3.8, 4) is 0 Å². The van der Waals surface area contributed by atoms with Crippen LogP contribution in [0.25, 0.3) is 0 Å². The molecule has 0 bridgehead atoms. The van der Waals surface area contributed by atoms with Gasteiger partial charge in [-0.2, -0.15) is 0 Å². The van der Waals surface area contributed by atoms with Gasteiger partial charge >= 0.3 is 11.9 Å². The summed E-state index contributed by atoms with van der Waals surface area (Å²) >= 11 is 0. The number of hydrogen-bond donors (Lipinski definition) is 3. The van der Waals surface area contributed by atoms with E-state index in [2.05, 4.69) is 0 Å². The summed E-state index contributed by atoms with van der Waals surface area (Å²) in [4.78, 5) is 53.2. The number of carbonyl (C=O) groups is 5. The average Bonchev–Trinajstić information content (AvgIpc) is 2.70. The van der Waals surface area contributed by atoms with E-state index >= 15 is 0 Å². The quantitative estimate of drug-likeness (QED) is 0.545. The maximum absolute atomic E-state index is 11.2. The molecule has 130 valence electrons. The van der Waals surface area contributed by atoms with Crippen molar-refractivity contribution in [2.24, 2.45) is 17.6 Å². The highest BCUT2D eigenvalue weighted by Gasteiger charge is 2.48. The Morgan fingerprint density at radius 2 is 1.48 bits per heavy atom. The van der Waals surface area contributed by atoms with Gasteiger partial charge < -0.3 is 21.4 Å². The molecular formula is C14H21NO8. The summed E-state index contributed by atoms with van der Waals surface area (Å²) in [6.45, 7) is 0. The number of carbonyl (C=O) groups excluding carboxylic acids is 3. The van der Waals surface area contributed by atoms with Crippen molar-refractivity contribution in [2.75, 3.05) is 0 Å². The molecule has 9 nitrogen and oxygen atoms in total. The second kappa shape index (κ2) is 9.11. The summed E-state index contributed by atoms with van der Waals surface area (Å²) in [6.07, 6.45) is 3.21. The lowest BCUT2D eigenvalue weighted by Gasteiger charge is -2.20. The number of Topliss-reactive ketones (excluding diaryl/α,β-unsaturated/α-hetero) is 3. The third kappa shape index (κ3) is 5.53. The first-order chi connectivity index (χ1) is 10.3. The molecule has 2 rings (SSSR count). The summed E-state index contributed by atoms with van der Waals surface area (Å²) in [5.41, 5.74) is 5.00. The van der Waals surface area contributed by atoms with Gasteiger partial charge in [-0.25, -0.2) is 0 Å². The van der Waals surface area contributed by atoms with Crippen molar-refractivity contribution in [1.29, 1.82) is 0 Å². The van der Waals surface area contributed by atoms with Gasteiger partial charge in [-0.3, -0.25) is 24.0 Å². The lowest BCUT2D eigenvalue weighted by atomic mass is 9.81. The molecule has 0 spiro atoms. The Kier molecular flexibility index (Phi) is 8.27. The minimum atomic E-state index is -1.17. The first-order valence-corrected chi connectivity index (χ1v) is 7.08. The van der Waals surface area contributed by atoms with Crippen molar-refractivity contribution >= 4 is 29.3 Å². The number of hydrogen-bond acceptors (Lipinski definition) is 6. The number of carboxylic acids is 2. The fourth-order valence-electron chi connectivity index (χ4n) is 2.62. The van der Waals surface area contributed by atoms with Gasteiger partial charge in [0.05, 0.1) is 0 Å². The van der Waals surface area contributed by atoms with Crippen molar-refractivity contribution in [1.82, 2.24) is 0 Å². The molecule has 0 heterocycles. The van der Waals surface area contributed by atoms with E-state index in [-0.39, 0.29) is 30.2 Å². The van der Waals surface area contributed by atoms with Gasteiger partial charge in [0.2, 0.25) is 11.6 Å². The lowest BCUT2D eigenvalue weighted by molar-refractivity contribution is -0.141. The van der Waals surface area contributed by atoms with Gasteiger partial charge in [0.1, 0.15) is 6.04 Å². The summed E-state index contributed by atoms with van der Waals surface area (Å²) in [5.74, 6) is -4.29. The Morgan fingerprint density at radius 3 is 1.83 bits per heavy atom. The summed E-state index contributed by atoms with van der Waals surface area (Å²) < 4.78 is 0. The van der Waals surface area contributed by atoms with E-state index in [1.165, 1.54) is 0 Å². The minimum absolute atomic E-state index is 0. The smallest absolute Gasteiger partial charge is 0.320 e. The van der Waals surface area contributed by atoms with Crippen LogP contribution in [-0.2, 0) is 24.0 Å². The van der Waals surface area contributed by atoms with E-state index in [0.717, 1.165) is 25.7 Å². The Morgan fingerprint density at radius 1 is 1.04 bits per heavy atom. The first-order valence-electron chi connectivity index (χ1n) is 7.08. The average molecular weight is 331 g/mol. The van der Waals surface area contributed by atoms with Crippen LogP contribution in [0.4, 0.5) is 0 Å². The molecule has 0 radical (unpaired) electrons. The van der Waals surface area contributed by atoms with Crippen LogP contribution in [0.2, 0.25) is 0 Å². The highest BCUT2D eigenvalue weighted by molar-refractivity contribution is 6.68. The van der Waals surface area contributed by atoms with Gasteiger partial charge in [-0.15, -0.1) is 0 Å². The molecule has 0 saturated heterocycles. The van der Waals surface area contributed by atoms with Gasteiger partial charge in [-0.05, 0) is 19.3 Å². The van der Waals surface area contributed by atoms with Crippen LogP contribution >= 0.6 is 0 Å². The van der Waals surface area contributed by atoms with Gasteiger partial charge in [-0.1, -0.05) is 12.8 Å². The van der Waals surface area contributed by atoms with Crippen LogP contribution < -0.4 is 5.73 Å². The Labute approximate surface area is 132 Å². The molecule has 0 aromatic rings. The maximum Gasteiger partial charge on any atom is 0.320 e. The third-order valence-corrected chi connectivity index (χ3v) is 3.87. The number of rotatable bonds is 4. The van der Waals surface area contributed by atoms with E-state index in [1.807, 2.05) is 0 Å². The monoisotopic (exact) mass is 331 g/mol. The molecule has 9 heteroatoms. The van der Waals surface area contributed by atoms with Gasteiger partial charge in [0, 0.05) is 18.3 Å². The molecule has 23 heavy (non-hydrogen) atoms.